The molecule has 0 saturated heterocycles. The van der Waals surface area contributed by atoms with Gasteiger partial charge in [-0.15, -0.1) is 0 Å². The number of carboxylic acid groups (broad SMARTS) is 1. The van der Waals surface area contributed by atoms with Crippen LogP contribution >= 0.6 is 0 Å². The number of allylic oxidation sites excluding steroid dienone is 4. The van der Waals surface area contributed by atoms with Crippen molar-refractivity contribution in [3.05, 3.63) is 23.3 Å². The number of aliphatic carboxylic acids is 1. The van der Waals surface area contributed by atoms with Crippen LogP contribution in [-0.4, -0.2) is 11.1 Å². The monoisotopic (exact) mass is 206 g/mol. The van der Waals surface area contributed by atoms with E-state index >= 15 is 0 Å². The average Bonchev–Trinajstić information content (AvgIpc) is 2.38. The van der Waals surface area contributed by atoms with Crippen LogP contribution in [0.4, 0.5) is 0 Å². The zero-order valence-corrected chi connectivity index (χ0v) is 9.36. The van der Waals surface area contributed by atoms with Gasteiger partial charge in [0.05, 0.1) is 5.92 Å². The van der Waals surface area contributed by atoms with Gasteiger partial charge in [-0.25, -0.2) is 0 Å². The van der Waals surface area contributed by atoms with Gasteiger partial charge in [0.15, 0.2) is 0 Å². The van der Waals surface area contributed by atoms with Crippen LogP contribution < -0.4 is 0 Å². The van der Waals surface area contributed by atoms with E-state index in [0.717, 1.165) is 19.3 Å². The second-order valence-electron chi connectivity index (χ2n) is 4.87. The molecule has 82 valence electrons. The molecule has 0 aromatic heterocycles. The van der Waals surface area contributed by atoms with Crippen molar-refractivity contribution in [2.45, 2.75) is 33.1 Å². The third-order valence-corrected chi connectivity index (χ3v) is 3.83. The Labute approximate surface area is 90.7 Å². The van der Waals surface area contributed by atoms with Crippen molar-refractivity contribution in [2.24, 2.45) is 17.8 Å². The molecule has 0 aromatic rings. The molecule has 2 heteroatoms. The number of hydrogen-bond donors (Lipinski definition) is 1. The summed E-state index contributed by atoms with van der Waals surface area (Å²) in [5, 5.41) is 9.23. The summed E-state index contributed by atoms with van der Waals surface area (Å²) in [6, 6.07) is 0. The second kappa shape index (κ2) is 3.84. The minimum atomic E-state index is -0.628. The van der Waals surface area contributed by atoms with E-state index in [1.807, 2.05) is 0 Å². The van der Waals surface area contributed by atoms with Gasteiger partial charge in [0.25, 0.3) is 0 Å². The Hall–Kier alpha value is -1.05. The third-order valence-electron chi connectivity index (χ3n) is 3.83. The van der Waals surface area contributed by atoms with E-state index in [4.69, 9.17) is 0 Å². The molecule has 3 atom stereocenters. The summed E-state index contributed by atoms with van der Waals surface area (Å²) < 4.78 is 0. The van der Waals surface area contributed by atoms with Gasteiger partial charge < -0.3 is 5.11 Å². The van der Waals surface area contributed by atoms with Gasteiger partial charge in [0, 0.05) is 0 Å². The van der Waals surface area contributed by atoms with Gasteiger partial charge in [-0.3, -0.25) is 4.79 Å². The largest absolute Gasteiger partial charge is 0.481 e. The van der Waals surface area contributed by atoms with Crippen molar-refractivity contribution in [1.29, 1.82) is 0 Å². The van der Waals surface area contributed by atoms with Crippen molar-refractivity contribution < 1.29 is 9.90 Å². The van der Waals surface area contributed by atoms with Gasteiger partial charge in [-0.05, 0) is 43.6 Å². The van der Waals surface area contributed by atoms with Gasteiger partial charge in [-0.1, -0.05) is 24.6 Å². The highest BCUT2D eigenvalue weighted by Gasteiger charge is 2.39. The lowest BCUT2D eigenvalue weighted by molar-refractivity contribution is -0.143. The lowest BCUT2D eigenvalue weighted by Gasteiger charge is -2.23. The normalized spacial score (nSPS) is 35.2. The van der Waals surface area contributed by atoms with Crippen LogP contribution in [0.1, 0.15) is 33.1 Å². The number of rotatable bonds is 1. The SMILES string of the molecule is CC1=C2C=CCC[C@@H](C)[C@@H]2[C@H](C(=O)O)C1. The average molecular weight is 206 g/mol. The maximum absolute atomic E-state index is 11.2. The molecule has 2 nitrogen and oxygen atoms in total. The van der Waals surface area contributed by atoms with Crippen LogP contribution in [0.25, 0.3) is 0 Å². The lowest BCUT2D eigenvalue weighted by atomic mass is 9.80. The first-order valence-corrected chi connectivity index (χ1v) is 5.70. The van der Waals surface area contributed by atoms with Crippen molar-refractivity contribution in [3.63, 3.8) is 0 Å². The first-order chi connectivity index (χ1) is 7.11. The summed E-state index contributed by atoms with van der Waals surface area (Å²) in [5.74, 6) is -0.0657. The first-order valence-electron chi connectivity index (χ1n) is 5.70. The van der Waals surface area contributed by atoms with E-state index in [9.17, 15) is 9.90 Å². The molecule has 0 saturated carbocycles. The summed E-state index contributed by atoms with van der Waals surface area (Å²) in [7, 11) is 0. The van der Waals surface area contributed by atoms with Crippen LogP contribution in [0.2, 0.25) is 0 Å². The molecule has 0 aromatic carbocycles. The quantitative estimate of drug-likeness (QED) is 0.716. The molecule has 2 rings (SSSR count). The molecule has 0 heterocycles. The highest BCUT2D eigenvalue weighted by molar-refractivity contribution is 5.73. The molecule has 2 aliphatic carbocycles. The summed E-state index contributed by atoms with van der Waals surface area (Å²) in [4.78, 5) is 11.2. The zero-order chi connectivity index (χ0) is 11.0. The summed E-state index contributed by atoms with van der Waals surface area (Å²) >= 11 is 0. The number of hydrogen-bond acceptors (Lipinski definition) is 1. The van der Waals surface area contributed by atoms with Crippen LogP contribution in [0.5, 0.6) is 0 Å². The molecule has 0 amide bonds. The highest BCUT2D eigenvalue weighted by atomic mass is 16.4. The van der Waals surface area contributed by atoms with Crippen LogP contribution in [0, 0.1) is 17.8 Å². The molecule has 1 N–H and O–H groups in total. The zero-order valence-electron chi connectivity index (χ0n) is 9.36. The molecule has 0 spiro atoms. The first kappa shape index (κ1) is 10.5. The molecule has 0 fully saturated rings. The van der Waals surface area contributed by atoms with Crippen LogP contribution in [0.3, 0.4) is 0 Å². The van der Waals surface area contributed by atoms with Crippen molar-refractivity contribution in [2.75, 3.05) is 0 Å². The molecule has 0 aliphatic heterocycles. The Bertz CT molecular complexity index is 338. The van der Waals surface area contributed by atoms with Crippen molar-refractivity contribution in [1.82, 2.24) is 0 Å². The van der Waals surface area contributed by atoms with E-state index in [-0.39, 0.29) is 11.8 Å². The maximum Gasteiger partial charge on any atom is 0.307 e. The van der Waals surface area contributed by atoms with Crippen molar-refractivity contribution in [3.8, 4) is 0 Å². The molecule has 2 aliphatic rings. The Morgan fingerprint density at radius 1 is 1.53 bits per heavy atom. The lowest BCUT2D eigenvalue weighted by Crippen LogP contribution is -2.25. The number of carboxylic acids is 1. The molecule has 0 unspecified atom stereocenters. The minimum Gasteiger partial charge on any atom is -0.481 e. The Kier molecular flexibility index (Phi) is 2.68. The van der Waals surface area contributed by atoms with Crippen LogP contribution in [0.15, 0.2) is 23.3 Å². The van der Waals surface area contributed by atoms with Gasteiger partial charge >= 0.3 is 5.97 Å². The van der Waals surface area contributed by atoms with Gasteiger partial charge in [0.2, 0.25) is 0 Å². The van der Waals surface area contributed by atoms with Gasteiger partial charge in [0.1, 0.15) is 0 Å². The Balaban J connectivity index is 2.35. The van der Waals surface area contributed by atoms with Crippen LogP contribution in [-0.2, 0) is 4.79 Å². The number of carbonyl (C=O) groups is 1. The summed E-state index contributed by atoms with van der Waals surface area (Å²) in [6.07, 6.45) is 7.29. The van der Waals surface area contributed by atoms with E-state index in [2.05, 4.69) is 26.0 Å². The standard InChI is InChI=1S/C13H18O2/c1-8-5-3-4-6-10-9(2)7-11(12(8)10)13(14)15/h4,6,8,11-12H,3,5,7H2,1-2H3,(H,14,15)/t8-,11-,12+/m1/s1. The molecular formula is C13H18O2. The predicted molar refractivity (Wildman–Crippen MR) is 59.5 cm³/mol. The van der Waals surface area contributed by atoms with Gasteiger partial charge in [-0.2, -0.15) is 0 Å². The molecule has 0 bridgehead atoms. The summed E-state index contributed by atoms with van der Waals surface area (Å²) in [5.41, 5.74) is 2.57. The van der Waals surface area contributed by atoms with E-state index in [0.29, 0.717) is 5.92 Å². The fraction of sp³-hybridized carbons (Fsp3) is 0.615. The third kappa shape index (κ3) is 1.73. The molecule has 0 radical (unpaired) electrons. The van der Waals surface area contributed by atoms with Crippen molar-refractivity contribution >= 4 is 5.97 Å². The Morgan fingerprint density at radius 2 is 2.27 bits per heavy atom. The topological polar surface area (TPSA) is 37.3 Å². The highest BCUT2D eigenvalue weighted by Crippen LogP contribution is 2.44. The smallest absolute Gasteiger partial charge is 0.307 e. The number of fused-ring (bicyclic) bond motifs is 1. The maximum atomic E-state index is 11.2. The van der Waals surface area contributed by atoms with E-state index in [1.165, 1.54) is 11.1 Å². The predicted octanol–water partition coefficient (Wildman–Crippen LogP) is 3.01. The summed E-state index contributed by atoms with van der Waals surface area (Å²) in [6.45, 7) is 4.26. The molecular weight excluding hydrogens is 188 g/mol. The minimum absolute atomic E-state index is 0.183. The second-order valence-corrected chi connectivity index (χ2v) is 4.87. The Morgan fingerprint density at radius 3 is 2.93 bits per heavy atom. The fourth-order valence-electron chi connectivity index (χ4n) is 3.02. The molecule has 15 heavy (non-hydrogen) atoms. The van der Waals surface area contributed by atoms with E-state index < -0.39 is 5.97 Å². The van der Waals surface area contributed by atoms with E-state index in [1.54, 1.807) is 0 Å². The fourth-order valence-corrected chi connectivity index (χ4v) is 3.02.